The summed E-state index contributed by atoms with van der Waals surface area (Å²) >= 11 is 0. The van der Waals surface area contributed by atoms with E-state index in [9.17, 15) is 8.42 Å². The van der Waals surface area contributed by atoms with Crippen LogP contribution >= 0.6 is 0 Å². The number of hydrogen-bond donors (Lipinski definition) is 2. The fourth-order valence-electron chi connectivity index (χ4n) is 1.93. The van der Waals surface area contributed by atoms with Crippen molar-refractivity contribution in [2.24, 2.45) is 0 Å². The highest BCUT2D eigenvalue weighted by molar-refractivity contribution is 7.92. The van der Waals surface area contributed by atoms with Gasteiger partial charge in [-0.05, 0) is 42.8 Å². The molecule has 2 aromatic carbocycles. The van der Waals surface area contributed by atoms with Crippen LogP contribution in [0.2, 0.25) is 0 Å². The molecule has 0 atom stereocenters. The maximum absolute atomic E-state index is 11.5. The predicted molar refractivity (Wildman–Crippen MR) is 88.6 cm³/mol. The molecule has 0 bridgehead atoms. The van der Waals surface area contributed by atoms with Gasteiger partial charge in [0.25, 0.3) is 0 Å². The van der Waals surface area contributed by atoms with Gasteiger partial charge < -0.3 is 11.1 Å². The van der Waals surface area contributed by atoms with Crippen LogP contribution in [0.3, 0.4) is 0 Å². The summed E-state index contributed by atoms with van der Waals surface area (Å²) in [6.45, 7) is 2.01. The average molecular weight is 305 g/mol. The first-order chi connectivity index (χ1) is 9.77. The molecule has 0 spiro atoms. The number of anilines is 4. The Balaban J connectivity index is 2.28. The minimum absolute atomic E-state index is 0.490. The van der Waals surface area contributed by atoms with Crippen molar-refractivity contribution in [2.45, 2.75) is 6.92 Å². The number of nitrogen functional groups attached to an aromatic ring is 1. The molecule has 0 radical (unpaired) electrons. The van der Waals surface area contributed by atoms with Crippen LogP contribution in [-0.4, -0.2) is 21.7 Å². The number of benzene rings is 2. The monoisotopic (exact) mass is 305 g/mol. The lowest BCUT2D eigenvalue weighted by Gasteiger charge is -2.18. The van der Waals surface area contributed by atoms with Gasteiger partial charge in [0.05, 0.1) is 23.3 Å². The number of nitrogens with zero attached hydrogens (tertiary/aromatic N) is 1. The molecule has 0 unspecified atom stereocenters. The molecule has 0 aliphatic rings. The molecule has 0 saturated heterocycles. The van der Waals surface area contributed by atoms with E-state index in [4.69, 9.17) is 5.73 Å². The fourth-order valence-corrected chi connectivity index (χ4v) is 2.43. The zero-order valence-corrected chi connectivity index (χ0v) is 13.1. The van der Waals surface area contributed by atoms with Crippen LogP contribution < -0.4 is 15.4 Å². The second-order valence-electron chi connectivity index (χ2n) is 5.00. The van der Waals surface area contributed by atoms with Crippen molar-refractivity contribution < 1.29 is 8.42 Å². The molecule has 0 heterocycles. The highest BCUT2D eigenvalue weighted by Crippen LogP contribution is 2.28. The molecule has 0 saturated carbocycles. The van der Waals surface area contributed by atoms with Gasteiger partial charge in [0.15, 0.2) is 0 Å². The van der Waals surface area contributed by atoms with E-state index >= 15 is 0 Å². The number of nitrogens with two attached hydrogens (primary N) is 1. The third-order valence-corrected chi connectivity index (χ3v) is 4.40. The number of rotatable bonds is 4. The molecular weight excluding hydrogens is 286 g/mol. The van der Waals surface area contributed by atoms with E-state index in [2.05, 4.69) is 5.32 Å². The molecule has 3 N–H and O–H groups in total. The summed E-state index contributed by atoms with van der Waals surface area (Å²) in [6, 6.07) is 13.1. The van der Waals surface area contributed by atoms with Crippen molar-refractivity contribution in [1.29, 1.82) is 0 Å². The van der Waals surface area contributed by atoms with Crippen LogP contribution in [-0.2, 0) is 10.0 Å². The van der Waals surface area contributed by atoms with Crippen LogP contribution in [0.25, 0.3) is 0 Å². The Hall–Kier alpha value is -2.21. The Bertz CT molecular complexity index is 757. The van der Waals surface area contributed by atoms with Crippen molar-refractivity contribution >= 4 is 32.8 Å². The number of sulfonamides is 1. The SMILES string of the molecule is Cc1cccc(Nc2ccc(N(C)S(C)(=O)=O)cc2N)c1. The zero-order valence-electron chi connectivity index (χ0n) is 12.3. The van der Waals surface area contributed by atoms with Gasteiger partial charge in [-0.2, -0.15) is 0 Å². The number of hydrogen-bond acceptors (Lipinski definition) is 4. The topological polar surface area (TPSA) is 75.4 Å². The molecule has 0 amide bonds. The Morgan fingerprint density at radius 1 is 1.14 bits per heavy atom. The quantitative estimate of drug-likeness (QED) is 0.852. The summed E-state index contributed by atoms with van der Waals surface area (Å²) in [7, 11) is -1.79. The Kier molecular flexibility index (Phi) is 4.09. The Labute approximate surface area is 125 Å². The van der Waals surface area contributed by atoms with Crippen LogP contribution in [0.1, 0.15) is 5.56 Å². The predicted octanol–water partition coefficient (Wildman–Crippen LogP) is 2.72. The van der Waals surface area contributed by atoms with Gasteiger partial charge in [0.2, 0.25) is 10.0 Å². The largest absolute Gasteiger partial charge is 0.397 e. The highest BCUT2D eigenvalue weighted by Gasteiger charge is 2.13. The zero-order chi connectivity index (χ0) is 15.6. The third-order valence-electron chi connectivity index (χ3n) is 3.19. The summed E-state index contributed by atoms with van der Waals surface area (Å²) in [5, 5.41) is 3.22. The minimum atomic E-state index is -3.29. The smallest absolute Gasteiger partial charge is 0.231 e. The molecule has 2 aromatic rings. The summed E-state index contributed by atoms with van der Waals surface area (Å²) in [5.74, 6) is 0. The third kappa shape index (κ3) is 3.66. The first-order valence-electron chi connectivity index (χ1n) is 6.44. The lowest BCUT2D eigenvalue weighted by molar-refractivity contribution is 0.600. The number of nitrogens with one attached hydrogen (secondary N) is 1. The first-order valence-corrected chi connectivity index (χ1v) is 8.29. The van der Waals surface area contributed by atoms with E-state index < -0.39 is 10.0 Å². The molecule has 0 aliphatic heterocycles. The molecule has 2 rings (SSSR count). The van der Waals surface area contributed by atoms with Gasteiger partial charge in [0.1, 0.15) is 0 Å². The number of aryl methyl sites for hydroxylation is 1. The maximum atomic E-state index is 11.5. The van der Waals surface area contributed by atoms with Crippen molar-refractivity contribution in [3.63, 3.8) is 0 Å². The van der Waals surface area contributed by atoms with E-state index in [1.807, 2.05) is 31.2 Å². The summed E-state index contributed by atoms with van der Waals surface area (Å²) in [4.78, 5) is 0. The van der Waals surface area contributed by atoms with Crippen LogP contribution in [0.5, 0.6) is 0 Å². The lowest BCUT2D eigenvalue weighted by Crippen LogP contribution is -2.24. The van der Waals surface area contributed by atoms with Gasteiger partial charge in [-0.3, -0.25) is 4.31 Å². The van der Waals surface area contributed by atoms with Gasteiger partial charge in [-0.15, -0.1) is 0 Å². The second kappa shape index (κ2) is 5.65. The van der Waals surface area contributed by atoms with E-state index in [1.54, 1.807) is 18.2 Å². The molecule has 6 heteroatoms. The van der Waals surface area contributed by atoms with Crippen LogP contribution in [0.15, 0.2) is 42.5 Å². The maximum Gasteiger partial charge on any atom is 0.231 e. The minimum Gasteiger partial charge on any atom is -0.397 e. The standard InChI is InChI=1S/C15H19N3O2S/c1-11-5-4-6-12(9-11)17-15-8-7-13(10-14(15)16)18(2)21(3,19)20/h4-10,17H,16H2,1-3H3. The molecule has 0 aromatic heterocycles. The van der Waals surface area contributed by atoms with Gasteiger partial charge >= 0.3 is 0 Å². The Morgan fingerprint density at radius 2 is 1.86 bits per heavy atom. The van der Waals surface area contributed by atoms with Crippen molar-refractivity contribution in [3.8, 4) is 0 Å². The molecular formula is C15H19N3O2S. The van der Waals surface area contributed by atoms with Gasteiger partial charge in [0, 0.05) is 12.7 Å². The fraction of sp³-hybridized carbons (Fsp3) is 0.200. The highest BCUT2D eigenvalue weighted by atomic mass is 32.2. The molecule has 21 heavy (non-hydrogen) atoms. The van der Waals surface area contributed by atoms with E-state index in [-0.39, 0.29) is 0 Å². The summed E-state index contributed by atoms with van der Waals surface area (Å²) in [5.41, 5.74) is 9.85. The molecule has 5 nitrogen and oxygen atoms in total. The second-order valence-corrected chi connectivity index (χ2v) is 7.01. The van der Waals surface area contributed by atoms with Gasteiger partial charge in [-0.1, -0.05) is 12.1 Å². The average Bonchev–Trinajstić information content (AvgIpc) is 2.39. The first kappa shape index (κ1) is 15.2. The lowest BCUT2D eigenvalue weighted by atomic mass is 10.2. The molecule has 112 valence electrons. The molecule has 0 aliphatic carbocycles. The summed E-state index contributed by atoms with van der Waals surface area (Å²) in [6.07, 6.45) is 1.15. The van der Waals surface area contributed by atoms with Crippen LogP contribution in [0, 0.1) is 6.92 Å². The van der Waals surface area contributed by atoms with Crippen molar-refractivity contribution in [1.82, 2.24) is 0 Å². The van der Waals surface area contributed by atoms with Crippen molar-refractivity contribution in [2.75, 3.05) is 28.7 Å². The normalized spacial score (nSPS) is 11.2. The van der Waals surface area contributed by atoms with Crippen molar-refractivity contribution in [3.05, 3.63) is 48.0 Å². The van der Waals surface area contributed by atoms with Gasteiger partial charge in [-0.25, -0.2) is 8.42 Å². The van der Waals surface area contributed by atoms with E-state index in [0.29, 0.717) is 11.4 Å². The van der Waals surface area contributed by atoms with Crippen LogP contribution in [0.4, 0.5) is 22.7 Å². The Morgan fingerprint density at radius 3 is 2.43 bits per heavy atom. The molecule has 0 fully saturated rings. The van der Waals surface area contributed by atoms with E-state index in [0.717, 1.165) is 23.2 Å². The van der Waals surface area contributed by atoms with E-state index in [1.165, 1.54) is 11.4 Å². The summed E-state index contributed by atoms with van der Waals surface area (Å²) < 4.78 is 24.2.